The molecular formula is C11H8ClNOS. The van der Waals surface area contributed by atoms with Crippen LogP contribution in [0, 0.1) is 6.92 Å². The van der Waals surface area contributed by atoms with Crippen molar-refractivity contribution in [1.82, 2.24) is 4.98 Å². The van der Waals surface area contributed by atoms with E-state index >= 15 is 0 Å². The first-order valence-corrected chi connectivity index (χ1v) is 5.58. The largest absolute Gasteiger partial charge is 0.296 e. The van der Waals surface area contributed by atoms with Gasteiger partial charge in [0, 0.05) is 5.02 Å². The molecule has 4 heteroatoms. The predicted octanol–water partition coefficient (Wildman–Crippen LogP) is 3.58. The van der Waals surface area contributed by atoms with Gasteiger partial charge < -0.3 is 0 Å². The summed E-state index contributed by atoms with van der Waals surface area (Å²) in [6, 6.07) is 7.39. The lowest BCUT2D eigenvalue weighted by atomic mass is 10.2. The molecule has 0 saturated carbocycles. The molecule has 15 heavy (non-hydrogen) atoms. The number of nitrogens with zero attached hydrogens (tertiary/aromatic N) is 1. The van der Waals surface area contributed by atoms with Crippen LogP contribution in [0.2, 0.25) is 5.02 Å². The van der Waals surface area contributed by atoms with Gasteiger partial charge in [-0.2, -0.15) is 0 Å². The summed E-state index contributed by atoms with van der Waals surface area (Å²) in [5, 5.41) is 1.58. The molecule has 2 nitrogen and oxygen atoms in total. The summed E-state index contributed by atoms with van der Waals surface area (Å²) in [6.07, 6.45) is 0.785. The van der Waals surface area contributed by atoms with E-state index in [1.54, 1.807) is 12.1 Å². The minimum Gasteiger partial charge on any atom is -0.296 e. The van der Waals surface area contributed by atoms with Crippen molar-refractivity contribution in [3.05, 3.63) is 40.0 Å². The van der Waals surface area contributed by atoms with E-state index < -0.39 is 0 Å². The number of hydrogen-bond donors (Lipinski definition) is 0. The Morgan fingerprint density at radius 2 is 2.00 bits per heavy atom. The Morgan fingerprint density at radius 1 is 1.33 bits per heavy atom. The van der Waals surface area contributed by atoms with Crippen molar-refractivity contribution in [2.45, 2.75) is 6.92 Å². The Labute approximate surface area is 96.5 Å². The van der Waals surface area contributed by atoms with Crippen molar-refractivity contribution in [2.75, 3.05) is 0 Å². The van der Waals surface area contributed by atoms with Gasteiger partial charge in [-0.1, -0.05) is 23.7 Å². The maximum Gasteiger partial charge on any atom is 0.169 e. The minimum absolute atomic E-state index is 0.500. The topological polar surface area (TPSA) is 30.0 Å². The van der Waals surface area contributed by atoms with Gasteiger partial charge in [0.05, 0.1) is 9.88 Å². The van der Waals surface area contributed by atoms with Gasteiger partial charge in [0.1, 0.15) is 5.69 Å². The number of thiazole rings is 1. The van der Waals surface area contributed by atoms with Crippen LogP contribution in [0.25, 0.3) is 10.4 Å². The van der Waals surface area contributed by atoms with E-state index in [0.717, 1.165) is 21.7 Å². The highest BCUT2D eigenvalue weighted by Crippen LogP contribution is 2.29. The zero-order chi connectivity index (χ0) is 10.8. The molecule has 1 heterocycles. The quantitative estimate of drug-likeness (QED) is 0.748. The number of benzene rings is 1. The number of hydrogen-bond acceptors (Lipinski definition) is 3. The maximum atomic E-state index is 10.8. The second-order valence-electron chi connectivity index (χ2n) is 3.07. The Hall–Kier alpha value is -1.19. The van der Waals surface area contributed by atoms with Crippen LogP contribution in [0.3, 0.4) is 0 Å². The number of aryl methyl sites for hydroxylation is 1. The smallest absolute Gasteiger partial charge is 0.169 e. The highest BCUT2D eigenvalue weighted by molar-refractivity contribution is 7.15. The first-order chi connectivity index (χ1) is 7.20. The molecule has 1 aromatic heterocycles. The average Bonchev–Trinajstić information content (AvgIpc) is 2.61. The Balaban J connectivity index is 2.52. The Bertz CT molecular complexity index is 490. The third-order valence-corrected chi connectivity index (χ3v) is 3.27. The highest BCUT2D eigenvalue weighted by Gasteiger charge is 2.09. The summed E-state index contributed by atoms with van der Waals surface area (Å²) < 4.78 is 0. The van der Waals surface area contributed by atoms with E-state index in [1.807, 2.05) is 19.1 Å². The van der Waals surface area contributed by atoms with Gasteiger partial charge in [0.2, 0.25) is 0 Å². The molecule has 1 aromatic carbocycles. The van der Waals surface area contributed by atoms with Gasteiger partial charge in [-0.15, -0.1) is 11.3 Å². The second-order valence-corrected chi connectivity index (χ2v) is 4.71. The van der Waals surface area contributed by atoms with Crippen LogP contribution in [0.4, 0.5) is 0 Å². The van der Waals surface area contributed by atoms with Crippen LogP contribution in [0.5, 0.6) is 0 Å². The molecule has 0 N–H and O–H groups in total. The van der Waals surface area contributed by atoms with Crippen LogP contribution >= 0.6 is 22.9 Å². The molecule has 0 radical (unpaired) electrons. The van der Waals surface area contributed by atoms with Gasteiger partial charge in [0.15, 0.2) is 6.29 Å². The van der Waals surface area contributed by atoms with Crippen LogP contribution in [-0.2, 0) is 0 Å². The first-order valence-electron chi connectivity index (χ1n) is 4.39. The molecule has 0 saturated heterocycles. The summed E-state index contributed by atoms with van der Waals surface area (Å²) in [6.45, 7) is 1.89. The molecule has 2 rings (SSSR count). The lowest BCUT2D eigenvalue weighted by Crippen LogP contribution is -1.83. The maximum absolute atomic E-state index is 10.8. The van der Waals surface area contributed by atoms with Crippen molar-refractivity contribution < 1.29 is 4.79 Å². The van der Waals surface area contributed by atoms with Crippen LogP contribution < -0.4 is 0 Å². The fourth-order valence-corrected chi connectivity index (χ4v) is 2.35. The molecule has 76 valence electrons. The molecule has 0 amide bonds. The number of halogens is 1. The van der Waals surface area contributed by atoms with E-state index in [2.05, 4.69) is 4.98 Å². The molecular weight excluding hydrogens is 230 g/mol. The summed E-state index contributed by atoms with van der Waals surface area (Å²) in [5.74, 6) is 0. The first kappa shape index (κ1) is 10.3. The van der Waals surface area contributed by atoms with Crippen molar-refractivity contribution >= 4 is 29.2 Å². The normalized spacial score (nSPS) is 10.3. The zero-order valence-corrected chi connectivity index (χ0v) is 9.60. The van der Waals surface area contributed by atoms with E-state index in [9.17, 15) is 4.79 Å². The fraction of sp³-hybridized carbons (Fsp3) is 0.0909. The standard InChI is InChI=1S/C11H8ClNOS/c1-7-13-10(6-14)11(15-7)8-2-4-9(12)5-3-8/h2-6H,1H3. The van der Waals surface area contributed by atoms with Crippen molar-refractivity contribution in [3.8, 4) is 10.4 Å². The van der Waals surface area contributed by atoms with Gasteiger partial charge in [-0.3, -0.25) is 4.79 Å². The predicted molar refractivity (Wildman–Crippen MR) is 62.7 cm³/mol. The molecule has 0 bridgehead atoms. The molecule has 0 atom stereocenters. The lowest BCUT2D eigenvalue weighted by Gasteiger charge is -1.97. The van der Waals surface area contributed by atoms with Crippen LogP contribution in [0.1, 0.15) is 15.5 Å². The number of rotatable bonds is 2. The summed E-state index contributed by atoms with van der Waals surface area (Å²) in [5.41, 5.74) is 1.48. The number of aromatic nitrogens is 1. The van der Waals surface area contributed by atoms with Crippen LogP contribution in [0.15, 0.2) is 24.3 Å². The zero-order valence-electron chi connectivity index (χ0n) is 8.03. The van der Waals surface area contributed by atoms with Gasteiger partial charge >= 0.3 is 0 Å². The van der Waals surface area contributed by atoms with Crippen LogP contribution in [-0.4, -0.2) is 11.3 Å². The minimum atomic E-state index is 0.500. The van der Waals surface area contributed by atoms with Gasteiger partial charge in [0.25, 0.3) is 0 Å². The summed E-state index contributed by atoms with van der Waals surface area (Å²) in [7, 11) is 0. The van der Waals surface area contributed by atoms with Gasteiger partial charge in [-0.25, -0.2) is 4.98 Å². The number of aldehydes is 1. The van der Waals surface area contributed by atoms with E-state index in [0.29, 0.717) is 10.7 Å². The number of carbonyl (C=O) groups is 1. The van der Waals surface area contributed by atoms with E-state index in [4.69, 9.17) is 11.6 Å². The average molecular weight is 238 g/mol. The molecule has 0 fully saturated rings. The third kappa shape index (κ3) is 2.08. The molecule has 0 aliphatic carbocycles. The monoisotopic (exact) mass is 237 g/mol. The SMILES string of the molecule is Cc1nc(C=O)c(-c2ccc(Cl)cc2)s1. The highest BCUT2D eigenvalue weighted by atomic mass is 35.5. The van der Waals surface area contributed by atoms with Crippen molar-refractivity contribution in [3.63, 3.8) is 0 Å². The molecule has 0 unspecified atom stereocenters. The van der Waals surface area contributed by atoms with E-state index in [1.165, 1.54) is 11.3 Å². The fourth-order valence-electron chi connectivity index (χ4n) is 1.33. The molecule has 2 aromatic rings. The Kier molecular flexibility index (Phi) is 2.84. The summed E-state index contributed by atoms with van der Waals surface area (Å²) in [4.78, 5) is 15.8. The third-order valence-electron chi connectivity index (χ3n) is 1.98. The van der Waals surface area contributed by atoms with E-state index in [-0.39, 0.29) is 0 Å². The molecule has 0 aliphatic heterocycles. The number of carbonyl (C=O) groups excluding carboxylic acids is 1. The second kappa shape index (κ2) is 4.13. The van der Waals surface area contributed by atoms with Gasteiger partial charge in [-0.05, 0) is 24.6 Å². The Morgan fingerprint density at radius 3 is 2.60 bits per heavy atom. The molecule has 0 spiro atoms. The summed E-state index contributed by atoms with van der Waals surface area (Å²) >= 11 is 7.31. The van der Waals surface area contributed by atoms with Crippen molar-refractivity contribution in [2.24, 2.45) is 0 Å². The van der Waals surface area contributed by atoms with Crippen molar-refractivity contribution in [1.29, 1.82) is 0 Å². The molecule has 0 aliphatic rings. The lowest BCUT2D eigenvalue weighted by molar-refractivity contribution is 0.112.